The van der Waals surface area contributed by atoms with Crippen molar-refractivity contribution in [3.8, 4) is 22.9 Å². The van der Waals surface area contributed by atoms with Crippen molar-refractivity contribution < 1.29 is 14.3 Å². The first-order valence-electron chi connectivity index (χ1n) is 11.2. The average Bonchev–Trinajstić information content (AvgIpc) is 3.32. The number of anilines is 2. The third-order valence-electron chi connectivity index (χ3n) is 5.58. The van der Waals surface area contributed by atoms with Crippen LogP contribution in [0.2, 0.25) is 0 Å². The minimum Gasteiger partial charge on any atom is -0.493 e. The van der Waals surface area contributed by atoms with E-state index in [0.717, 1.165) is 22.4 Å². The second-order valence-electron chi connectivity index (χ2n) is 8.21. The Bertz CT molecular complexity index is 1280. The lowest BCUT2D eigenvalue weighted by molar-refractivity contribution is 0.0901. The molecule has 0 saturated carbocycles. The first-order chi connectivity index (χ1) is 17.0. The molecule has 3 aromatic carbocycles. The predicted molar refractivity (Wildman–Crippen MR) is 137 cm³/mol. The zero-order chi connectivity index (χ0) is 24.8. The molecule has 0 radical (unpaired) electrons. The molecule has 0 bridgehead atoms. The van der Waals surface area contributed by atoms with E-state index in [2.05, 4.69) is 27.5 Å². The number of methoxy groups -OCH3 is 2. The van der Waals surface area contributed by atoms with Crippen LogP contribution in [0.25, 0.3) is 11.4 Å². The van der Waals surface area contributed by atoms with Crippen LogP contribution in [0.1, 0.15) is 15.9 Å². The van der Waals surface area contributed by atoms with E-state index in [4.69, 9.17) is 9.47 Å². The molecule has 35 heavy (non-hydrogen) atoms. The number of aromatic nitrogens is 3. The number of hydrogen-bond donors (Lipinski definition) is 1. The van der Waals surface area contributed by atoms with Crippen molar-refractivity contribution in [2.75, 3.05) is 38.5 Å². The summed E-state index contributed by atoms with van der Waals surface area (Å²) in [4.78, 5) is 20.0. The second-order valence-corrected chi connectivity index (χ2v) is 8.21. The lowest BCUT2D eigenvalue weighted by Crippen LogP contribution is -2.18. The molecular formula is C27H29N5O3. The van der Waals surface area contributed by atoms with Crippen LogP contribution in [0.4, 0.5) is 11.6 Å². The highest BCUT2D eigenvalue weighted by Gasteiger charge is 2.18. The summed E-state index contributed by atoms with van der Waals surface area (Å²) < 4.78 is 12.0. The first kappa shape index (κ1) is 23.8. The molecule has 1 heterocycles. The fraction of sp³-hybridized carbons (Fsp3) is 0.222. The fourth-order valence-electron chi connectivity index (χ4n) is 3.64. The van der Waals surface area contributed by atoms with E-state index in [0.29, 0.717) is 29.8 Å². The zero-order valence-electron chi connectivity index (χ0n) is 20.4. The maximum Gasteiger partial charge on any atom is 0.254 e. The molecule has 8 nitrogen and oxygen atoms in total. The highest BCUT2D eigenvalue weighted by atomic mass is 16.5. The third-order valence-corrected chi connectivity index (χ3v) is 5.58. The summed E-state index contributed by atoms with van der Waals surface area (Å²) >= 11 is 0. The van der Waals surface area contributed by atoms with Gasteiger partial charge < -0.3 is 19.7 Å². The SMILES string of the molecule is COc1ccc(CC(=O)n2nc(-c3ccccc3)nc2NCc2ccc(N(C)C)cc2)cc1OC. The van der Waals surface area contributed by atoms with Crippen molar-refractivity contribution in [1.29, 1.82) is 0 Å². The van der Waals surface area contributed by atoms with Crippen molar-refractivity contribution in [3.05, 3.63) is 83.9 Å². The zero-order valence-corrected chi connectivity index (χ0v) is 20.4. The quantitative estimate of drug-likeness (QED) is 0.384. The highest BCUT2D eigenvalue weighted by molar-refractivity contribution is 5.83. The highest BCUT2D eigenvalue weighted by Crippen LogP contribution is 2.28. The van der Waals surface area contributed by atoms with Crippen molar-refractivity contribution >= 4 is 17.5 Å². The Hall–Kier alpha value is -4.33. The summed E-state index contributed by atoms with van der Waals surface area (Å²) in [5.74, 6) is 1.85. The monoisotopic (exact) mass is 471 g/mol. The number of ether oxygens (including phenoxy) is 2. The first-order valence-corrected chi connectivity index (χ1v) is 11.2. The van der Waals surface area contributed by atoms with Gasteiger partial charge in [0, 0.05) is 31.9 Å². The van der Waals surface area contributed by atoms with Gasteiger partial charge in [0.05, 0.1) is 20.6 Å². The van der Waals surface area contributed by atoms with E-state index in [1.165, 1.54) is 4.68 Å². The Labute approximate surface area is 205 Å². The Balaban J connectivity index is 1.59. The predicted octanol–water partition coefficient (Wildman–Crippen LogP) is 4.52. The van der Waals surface area contributed by atoms with Gasteiger partial charge in [-0.25, -0.2) is 0 Å². The summed E-state index contributed by atoms with van der Waals surface area (Å²) in [6.07, 6.45) is 0.129. The van der Waals surface area contributed by atoms with Crippen molar-refractivity contribution in [1.82, 2.24) is 14.8 Å². The van der Waals surface area contributed by atoms with Gasteiger partial charge >= 0.3 is 0 Å². The van der Waals surface area contributed by atoms with Crippen LogP contribution in [-0.4, -0.2) is 49.0 Å². The van der Waals surface area contributed by atoms with Gasteiger partial charge in [-0.2, -0.15) is 9.67 Å². The van der Waals surface area contributed by atoms with Crippen molar-refractivity contribution in [3.63, 3.8) is 0 Å². The molecule has 180 valence electrons. The van der Waals surface area contributed by atoms with Crippen LogP contribution in [-0.2, 0) is 13.0 Å². The fourth-order valence-corrected chi connectivity index (χ4v) is 3.64. The van der Waals surface area contributed by atoms with Gasteiger partial charge in [0.25, 0.3) is 5.91 Å². The minimum atomic E-state index is -0.211. The largest absolute Gasteiger partial charge is 0.493 e. The number of rotatable bonds is 9. The van der Waals surface area contributed by atoms with E-state index in [1.54, 1.807) is 26.4 Å². The normalized spacial score (nSPS) is 10.6. The molecule has 1 N–H and O–H groups in total. The molecule has 4 aromatic rings. The maximum absolute atomic E-state index is 13.3. The summed E-state index contributed by atoms with van der Waals surface area (Å²) in [5.41, 5.74) is 3.81. The second kappa shape index (κ2) is 10.7. The Kier molecular flexibility index (Phi) is 7.30. The molecular weight excluding hydrogens is 442 g/mol. The number of hydrogen-bond acceptors (Lipinski definition) is 7. The van der Waals surface area contributed by atoms with Crippen molar-refractivity contribution in [2.45, 2.75) is 13.0 Å². The average molecular weight is 472 g/mol. The molecule has 0 aliphatic rings. The molecule has 0 aliphatic heterocycles. The van der Waals surface area contributed by atoms with Crippen molar-refractivity contribution in [2.24, 2.45) is 0 Å². The number of benzene rings is 3. The Morgan fingerprint density at radius 3 is 2.26 bits per heavy atom. The molecule has 0 atom stereocenters. The van der Waals surface area contributed by atoms with Gasteiger partial charge in [-0.15, -0.1) is 5.10 Å². The molecule has 0 saturated heterocycles. The van der Waals surface area contributed by atoms with E-state index >= 15 is 0 Å². The molecule has 0 fully saturated rings. The van der Waals surface area contributed by atoms with Crippen LogP contribution in [0, 0.1) is 0 Å². The van der Waals surface area contributed by atoms with E-state index in [-0.39, 0.29) is 12.3 Å². The Morgan fingerprint density at radius 1 is 0.914 bits per heavy atom. The van der Waals surface area contributed by atoms with Gasteiger partial charge in [0.1, 0.15) is 0 Å². The maximum atomic E-state index is 13.3. The van der Waals surface area contributed by atoms with Crippen LogP contribution >= 0.6 is 0 Å². The number of nitrogens with one attached hydrogen (secondary N) is 1. The lowest BCUT2D eigenvalue weighted by atomic mass is 10.1. The van der Waals surface area contributed by atoms with Crippen LogP contribution in [0.15, 0.2) is 72.8 Å². The number of nitrogens with zero attached hydrogens (tertiary/aromatic N) is 4. The van der Waals surface area contributed by atoms with E-state index in [9.17, 15) is 4.79 Å². The van der Waals surface area contributed by atoms with Gasteiger partial charge in [-0.3, -0.25) is 4.79 Å². The minimum absolute atomic E-state index is 0.129. The van der Waals surface area contributed by atoms with E-state index in [1.807, 2.05) is 67.5 Å². The van der Waals surface area contributed by atoms with Gasteiger partial charge in [0.15, 0.2) is 17.3 Å². The molecule has 0 spiro atoms. The molecule has 0 aliphatic carbocycles. The molecule has 0 unspecified atom stereocenters. The Morgan fingerprint density at radius 2 is 1.60 bits per heavy atom. The van der Waals surface area contributed by atoms with Gasteiger partial charge in [-0.1, -0.05) is 48.5 Å². The summed E-state index contributed by atoms with van der Waals surface area (Å²) in [6, 6.07) is 23.2. The summed E-state index contributed by atoms with van der Waals surface area (Å²) in [5, 5.41) is 7.82. The van der Waals surface area contributed by atoms with E-state index < -0.39 is 0 Å². The molecule has 8 heteroatoms. The lowest BCUT2D eigenvalue weighted by Gasteiger charge is -2.13. The third kappa shape index (κ3) is 5.60. The smallest absolute Gasteiger partial charge is 0.254 e. The summed E-state index contributed by atoms with van der Waals surface area (Å²) in [7, 11) is 7.16. The number of carbonyl (C=O) groups is 1. The van der Waals surface area contributed by atoms with Gasteiger partial charge in [0.2, 0.25) is 5.95 Å². The molecule has 1 aromatic heterocycles. The number of carbonyl (C=O) groups excluding carboxylic acids is 1. The standard InChI is InChI=1S/C27H29N5O3/c1-31(2)22-13-10-19(11-14-22)18-28-27-29-26(21-8-6-5-7-9-21)30-32(27)25(33)17-20-12-15-23(34-3)24(16-20)35-4/h5-16H,17-18H2,1-4H3,(H,28,29,30). The molecule has 4 rings (SSSR count). The topological polar surface area (TPSA) is 81.5 Å². The molecule has 0 amide bonds. The van der Waals surface area contributed by atoms with Crippen LogP contribution < -0.4 is 19.7 Å². The van der Waals surface area contributed by atoms with Crippen LogP contribution in [0.5, 0.6) is 11.5 Å². The van der Waals surface area contributed by atoms with Gasteiger partial charge in [-0.05, 0) is 35.4 Å². The van der Waals surface area contributed by atoms with Crippen LogP contribution in [0.3, 0.4) is 0 Å². The summed E-state index contributed by atoms with van der Waals surface area (Å²) in [6.45, 7) is 0.504.